The molecule has 0 aliphatic carbocycles. The van der Waals surface area contributed by atoms with E-state index in [0.717, 1.165) is 40.9 Å². The quantitative estimate of drug-likeness (QED) is 0.0523. The molecule has 0 radical (unpaired) electrons. The first-order chi connectivity index (χ1) is 24.3. The van der Waals surface area contributed by atoms with E-state index in [1.807, 2.05) is 5.43 Å². The number of β-lactam (4-membered cyclic amide) rings is 1. The van der Waals surface area contributed by atoms with E-state index in [1.165, 1.54) is 30.2 Å². The zero-order valence-corrected chi connectivity index (χ0v) is 30.9. The maximum Gasteiger partial charge on any atom is 0.350 e. The molecule has 9 N–H and O–H groups in total. The Morgan fingerprint density at radius 1 is 1.21 bits per heavy atom. The van der Waals surface area contributed by atoms with Crippen LogP contribution in [0.4, 0.5) is 9.93 Å². The van der Waals surface area contributed by atoms with Gasteiger partial charge in [0.25, 0.3) is 0 Å². The lowest BCUT2D eigenvalue weighted by Crippen LogP contribution is -2.57. The molecule has 1 aromatic carbocycles. The number of anilines is 1. The van der Waals surface area contributed by atoms with E-state index in [2.05, 4.69) is 15.2 Å². The van der Waals surface area contributed by atoms with Gasteiger partial charge in [-0.15, -0.1) is 34.9 Å². The number of oxime groups is 1. The molecule has 2 saturated heterocycles. The van der Waals surface area contributed by atoms with Gasteiger partial charge < -0.3 is 41.6 Å². The molecule has 0 bridgehead atoms. The molecule has 4 atom stereocenters. The molecule has 1 aromatic heterocycles. The number of aromatic hydroxyl groups is 2. The summed E-state index contributed by atoms with van der Waals surface area (Å²) in [4.78, 5) is 86.3. The number of Topliss-reactive ketones (excluding diaryl/α,β-unsaturated/α-hetero) is 2. The third kappa shape index (κ3) is 8.54. The van der Waals surface area contributed by atoms with Crippen LogP contribution in [0.2, 0.25) is 5.02 Å². The number of nitrogens with zero attached hydrogens (tertiary/aromatic N) is 4. The van der Waals surface area contributed by atoms with Gasteiger partial charge in [-0.25, -0.2) is 24.8 Å². The summed E-state index contributed by atoms with van der Waals surface area (Å²) in [6.07, 6.45) is -0.199. The lowest BCUT2D eigenvalue weighted by atomic mass is 9.90. The van der Waals surface area contributed by atoms with Crippen LogP contribution >= 0.6 is 46.5 Å². The minimum atomic E-state index is -1.80. The number of carbonyl (C=O) groups excluding carboxylic acids is 4. The van der Waals surface area contributed by atoms with Gasteiger partial charge in [-0.1, -0.05) is 30.1 Å². The molecule has 280 valence electrons. The third-order valence-corrected chi connectivity index (χ3v) is 12.7. The molecule has 18 nitrogen and oxygen atoms in total. The molecular formula is C30H34ClN7O11S3. The van der Waals surface area contributed by atoms with Crippen molar-refractivity contribution in [1.82, 2.24) is 15.3 Å². The van der Waals surface area contributed by atoms with Crippen molar-refractivity contribution < 1.29 is 54.0 Å². The number of aliphatic carboxylic acids is 2. The topological polar surface area (TPSA) is 297 Å². The maximum atomic E-state index is 13.5. The van der Waals surface area contributed by atoms with Crippen LogP contribution in [0.3, 0.4) is 0 Å². The highest BCUT2D eigenvalue weighted by molar-refractivity contribution is 8.19. The van der Waals surface area contributed by atoms with Gasteiger partial charge in [0.1, 0.15) is 11.4 Å². The lowest BCUT2D eigenvalue weighted by Gasteiger charge is -2.41. The molecule has 2 aliphatic heterocycles. The number of carbonyl (C=O) groups is 6. The number of nitrogens with two attached hydrogens (primary N) is 2. The highest BCUT2D eigenvalue weighted by Crippen LogP contribution is 2.56. The van der Waals surface area contributed by atoms with E-state index in [9.17, 15) is 49.2 Å². The fourth-order valence-electron chi connectivity index (χ4n) is 5.00. The predicted molar refractivity (Wildman–Crippen MR) is 192 cm³/mol. The van der Waals surface area contributed by atoms with Gasteiger partial charge in [-0.2, -0.15) is 5.10 Å². The number of phenols is 2. The van der Waals surface area contributed by atoms with E-state index in [0.29, 0.717) is 6.42 Å². The van der Waals surface area contributed by atoms with Crippen molar-refractivity contribution in [2.75, 3.05) is 18.0 Å². The number of benzene rings is 1. The average Bonchev–Trinajstić information content (AvgIpc) is 3.67. The number of fused-ring (bicyclic) bond motifs is 1. The molecule has 3 amide bonds. The van der Waals surface area contributed by atoms with Crippen LogP contribution in [0, 0.1) is 11.8 Å². The predicted octanol–water partition coefficient (Wildman–Crippen LogP) is 2.44. The Hall–Kier alpha value is -4.60. The summed E-state index contributed by atoms with van der Waals surface area (Å²) in [5.74, 6) is -6.88. The molecule has 2 fully saturated rings. The summed E-state index contributed by atoms with van der Waals surface area (Å²) in [5, 5.41) is 47.6. The number of ketones is 2. The largest absolute Gasteiger partial charge is 0.504 e. The van der Waals surface area contributed by atoms with Crippen molar-refractivity contribution in [1.29, 1.82) is 0 Å². The molecule has 2 aromatic rings. The van der Waals surface area contributed by atoms with Gasteiger partial charge in [-0.05, 0) is 37.7 Å². The number of hydrazone groups is 1. The van der Waals surface area contributed by atoms with Crippen LogP contribution in [-0.4, -0.2) is 105 Å². The number of rotatable bonds is 17. The number of hydrogen-bond acceptors (Lipinski definition) is 16. The van der Waals surface area contributed by atoms with Crippen LogP contribution in [-0.2, 0) is 28.8 Å². The number of aromatic nitrogens is 1. The van der Waals surface area contributed by atoms with Crippen LogP contribution in [0.5, 0.6) is 11.5 Å². The highest BCUT2D eigenvalue weighted by Gasteiger charge is 2.62. The van der Waals surface area contributed by atoms with Gasteiger partial charge >= 0.3 is 18.0 Å². The molecule has 0 unspecified atom stereocenters. The van der Waals surface area contributed by atoms with Gasteiger partial charge in [0, 0.05) is 23.8 Å². The minimum absolute atomic E-state index is 0.0232. The molecular weight excluding hydrogens is 766 g/mol. The maximum absolute atomic E-state index is 13.5. The summed E-state index contributed by atoms with van der Waals surface area (Å²) < 4.78 is -1.56. The van der Waals surface area contributed by atoms with E-state index >= 15 is 0 Å². The van der Waals surface area contributed by atoms with Gasteiger partial charge in [0.15, 0.2) is 38.0 Å². The molecule has 0 spiro atoms. The van der Waals surface area contributed by atoms with Gasteiger partial charge in [0.2, 0.25) is 11.5 Å². The zero-order valence-electron chi connectivity index (χ0n) is 27.7. The first-order valence-electron chi connectivity index (χ1n) is 15.3. The Morgan fingerprint density at radius 2 is 1.90 bits per heavy atom. The first-order valence-corrected chi connectivity index (χ1v) is 18.4. The Morgan fingerprint density at radius 3 is 2.48 bits per heavy atom. The average molecular weight is 800 g/mol. The molecule has 2 aliphatic rings. The Labute approximate surface area is 313 Å². The summed E-state index contributed by atoms with van der Waals surface area (Å²) in [6.45, 7) is 4.05. The highest BCUT2D eigenvalue weighted by atomic mass is 35.5. The van der Waals surface area contributed by atoms with E-state index < -0.39 is 85.3 Å². The molecule has 0 saturated carbocycles. The zero-order chi connectivity index (χ0) is 38.7. The number of nitrogens with one attached hydrogen (secondary N) is 1. The molecule has 3 heterocycles. The normalized spacial score (nSPS) is 20.8. The first kappa shape index (κ1) is 40.2. The second-order valence-corrected chi connectivity index (χ2v) is 16.4. The number of phenolic OH excluding ortho intramolecular Hbond substituents is 2. The number of carboxylic acids is 2. The van der Waals surface area contributed by atoms with Crippen LogP contribution < -0.4 is 16.9 Å². The van der Waals surface area contributed by atoms with Crippen molar-refractivity contribution in [2.45, 2.75) is 55.1 Å². The van der Waals surface area contributed by atoms with E-state index in [-0.39, 0.29) is 46.5 Å². The monoisotopic (exact) mass is 799 g/mol. The molecule has 4 rings (SSSR count). The smallest absolute Gasteiger partial charge is 0.350 e. The second-order valence-electron chi connectivity index (χ2n) is 12.1. The Bertz CT molecular complexity index is 1870. The molecule has 52 heavy (non-hydrogen) atoms. The Kier molecular flexibility index (Phi) is 12.3. The van der Waals surface area contributed by atoms with Crippen LogP contribution in [0.1, 0.15) is 51.3 Å². The number of carboxylic acid groups (broad SMARTS) is 2. The van der Waals surface area contributed by atoms with E-state index in [1.54, 1.807) is 6.92 Å². The number of primary amides is 1. The molecule has 22 heteroatoms. The number of halogens is 1. The number of thiazole rings is 1. The number of amides is 3. The van der Waals surface area contributed by atoms with E-state index in [4.69, 9.17) is 27.9 Å². The minimum Gasteiger partial charge on any atom is -0.504 e. The number of thioether (sulfide) groups is 2. The van der Waals surface area contributed by atoms with Crippen LogP contribution in [0.15, 0.2) is 27.8 Å². The number of nitrogen functional groups attached to an aromatic ring is 1. The van der Waals surface area contributed by atoms with Gasteiger partial charge in [-0.3, -0.25) is 14.4 Å². The van der Waals surface area contributed by atoms with Crippen molar-refractivity contribution >= 4 is 98.5 Å². The summed E-state index contributed by atoms with van der Waals surface area (Å²) >= 11 is 9.17. The standard InChI is InChI=1S/C30H34ClN7O11S3/c1-4-12(7-17(40)20(35-36-27(32)48)13-5-6-16(39)22(42)19(13)31)9-51-30(26(46)47)11-38-23(43)14(24(38)52-30)8-18(41)21(15-10-50-28(33)34-15)37-49-29(2,3)25(44)45/h5-6,10,12,14,24,39,42H,4,7-9,11H2,1-3H3,(H2,33,34)(H,44,45)(H,46,47)(H3,32,36,48)/b35-20-,37-21-/t12-,14+,24+,30+/m0/s1. The second kappa shape index (κ2) is 16.0. The number of urea groups is 1. The summed E-state index contributed by atoms with van der Waals surface area (Å²) in [7, 11) is 0. The summed E-state index contributed by atoms with van der Waals surface area (Å²) in [6, 6.07) is 1.21. The lowest BCUT2D eigenvalue weighted by molar-refractivity contribution is -0.161. The Balaban J connectivity index is 1.49. The van der Waals surface area contributed by atoms with Gasteiger partial charge in [0.05, 0.1) is 22.9 Å². The van der Waals surface area contributed by atoms with Crippen LogP contribution in [0.25, 0.3) is 0 Å². The summed E-state index contributed by atoms with van der Waals surface area (Å²) in [5.41, 5.74) is 10.2. The van der Waals surface area contributed by atoms with Crippen molar-refractivity contribution in [3.63, 3.8) is 0 Å². The van der Waals surface area contributed by atoms with Crippen molar-refractivity contribution in [3.05, 3.63) is 33.8 Å². The SMILES string of the molecule is CC[C@H](CS[C@]1(C(=O)O)CN2C(=O)[C@@H](CC(=O)/C(=N\OC(C)(C)C(=O)O)c3csc(N)n3)[C@H]2S1)CC(=O)/C(=N\NC(N)=O)c1ccc(O)c(O)c1Cl. The van der Waals surface area contributed by atoms with Crippen molar-refractivity contribution in [3.8, 4) is 11.5 Å². The fraction of sp³-hybridized carbons (Fsp3) is 0.433. The third-order valence-electron chi connectivity index (χ3n) is 8.08. The fourth-order valence-corrected chi connectivity index (χ4v) is 9.17. The number of hydrogen-bond donors (Lipinski definition) is 7. The van der Waals surface area contributed by atoms with Crippen molar-refractivity contribution in [2.24, 2.45) is 27.8 Å².